The highest BCUT2D eigenvalue weighted by Gasteiger charge is 2.35. The predicted molar refractivity (Wildman–Crippen MR) is 55.7 cm³/mol. The van der Waals surface area contributed by atoms with Crippen molar-refractivity contribution in [2.75, 3.05) is 12.4 Å². The van der Waals surface area contributed by atoms with Gasteiger partial charge in [0.2, 0.25) is 0 Å². The maximum absolute atomic E-state index is 13.2. The van der Waals surface area contributed by atoms with Gasteiger partial charge in [-0.15, -0.1) is 11.8 Å². The number of hydrogen-bond donors (Lipinski definition) is 3. The number of rotatable bonds is 2. The molecule has 16 heavy (non-hydrogen) atoms. The van der Waals surface area contributed by atoms with Crippen LogP contribution in [-0.4, -0.2) is 46.2 Å². The summed E-state index contributed by atoms with van der Waals surface area (Å²) in [6, 6.07) is -0.502. The molecule has 0 radical (unpaired) electrons. The number of carbonyl (C=O) groups excluding carboxylic acids is 1. The zero-order valence-corrected chi connectivity index (χ0v) is 9.11. The van der Waals surface area contributed by atoms with Crippen LogP contribution in [0.15, 0.2) is 12.0 Å². The lowest BCUT2D eigenvalue weighted by Gasteiger charge is -2.30. The fourth-order valence-corrected chi connectivity index (χ4v) is 2.38. The minimum absolute atomic E-state index is 0.137. The summed E-state index contributed by atoms with van der Waals surface area (Å²) in [6.45, 7) is -0.137. The van der Waals surface area contributed by atoms with Crippen molar-refractivity contribution in [3.63, 3.8) is 0 Å². The van der Waals surface area contributed by atoms with Gasteiger partial charge in [0, 0.05) is 12.0 Å². The highest BCUT2D eigenvalue weighted by molar-refractivity contribution is 8.00. The molecule has 0 aliphatic carbocycles. The highest BCUT2D eigenvalue weighted by atomic mass is 32.2. The van der Waals surface area contributed by atoms with Crippen LogP contribution in [0.4, 0.5) is 9.18 Å². The quantitative estimate of drug-likeness (QED) is 0.615. The molecule has 1 fully saturated rings. The van der Waals surface area contributed by atoms with Crippen LogP contribution in [0.2, 0.25) is 0 Å². The van der Waals surface area contributed by atoms with E-state index in [0.717, 1.165) is 11.1 Å². The van der Waals surface area contributed by atoms with Crippen molar-refractivity contribution < 1.29 is 19.0 Å². The zero-order chi connectivity index (χ0) is 11.7. The molecule has 2 heterocycles. The van der Waals surface area contributed by atoms with E-state index in [2.05, 4.69) is 5.32 Å². The Morgan fingerprint density at radius 1 is 1.81 bits per heavy atom. The molecule has 0 aromatic carbocycles. The average molecular weight is 249 g/mol. The standard InChI is InChI=1S/C8H12FN3O3S/c9-4-1-12(8(14)11-7(4)10)5-3-16-6(2-13)15-5/h1,5-7,13H,2-3,10H2,(H,11,14)/t5-,6-,7?/m0/s1. The number of thioether (sulfide) groups is 1. The van der Waals surface area contributed by atoms with E-state index in [9.17, 15) is 9.18 Å². The number of aliphatic hydroxyl groups excluding tert-OH is 1. The van der Waals surface area contributed by atoms with Gasteiger partial charge in [-0.3, -0.25) is 4.90 Å². The summed E-state index contributed by atoms with van der Waals surface area (Å²) in [4.78, 5) is 12.6. The van der Waals surface area contributed by atoms with Gasteiger partial charge in [0.15, 0.2) is 5.83 Å². The second-order valence-corrected chi connectivity index (χ2v) is 4.58. The molecule has 0 aromatic rings. The van der Waals surface area contributed by atoms with Crippen molar-refractivity contribution in [2.45, 2.75) is 17.8 Å². The minimum atomic E-state index is -1.09. The third-order valence-corrected chi connectivity index (χ3v) is 3.38. The highest BCUT2D eigenvalue weighted by Crippen LogP contribution is 2.28. The van der Waals surface area contributed by atoms with Crippen molar-refractivity contribution in [1.82, 2.24) is 10.2 Å². The van der Waals surface area contributed by atoms with Crippen LogP contribution in [-0.2, 0) is 4.74 Å². The first-order chi connectivity index (χ1) is 7.61. The van der Waals surface area contributed by atoms with Crippen molar-refractivity contribution >= 4 is 17.8 Å². The van der Waals surface area contributed by atoms with Gasteiger partial charge in [-0.05, 0) is 0 Å². The molecule has 2 amide bonds. The predicted octanol–water partition coefficient (Wildman–Crippen LogP) is -0.485. The zero-order valence-electron chi connectivity index (χ0n) is 8.30. The largest absolute Gasteiger partial charge is 0.393 e. The van der Waals surface area contributed by atoms with E-state index in [-0.39, 0.29) is 12.0 Å². The van der Waals surface area contributed by atoms with Crippen molar-refractivity contribution in [1.29, 1.82) is 0 Å². The van der Waals surface area contributed by atoms with E-state index in [1.165, 1.54) is 11.8 Å². The summed E-state index contributed by atoms with van der Waals surface area (Å²) >= 11 is 1.37. The van der Waals surface area contributed by atoms with E-state index in [1.54, 1.807) is 0 Å². The molecule has 2 aliphatic rings. The molecule has 8 heteroatoms. The molecule has 0 spiro atoms. The molecular formula is C8H12FN3O3S. The summed E-state index contributed by atoms with van der Waals surface area (Å²) in [6.07, 6.45) is -0.624. The van der Waals surface area contributed by atoms with E-state index >= 15 is 0 Å². The lowest BCUT2D eigenvalue weighted by Crippen LogP contribution is -2.54. The van der Waals surface area contributed by atoms with Crippen LogP contribution in [0.3, 0.4) is 0 Å². The van der Waals surface area contributed by atoms with Crippen LogP contribution >= 0.6 is 11.8 Å². The number of urea groups is 1. The second-order valence-electron chi connectivity index (χ2n) is 3.38. The Morgan fingerprint density at radius 3 is 3.19 bits per heavy atom. The Balaban J connectivity index is 2.07. The Kier molecular flexibility index (Phi) is 3.33. The van der Waals surface area contributed by atoms with E-state index in [1.807, 2.05) is 0 Å². The molecular weight excluding hydrogens is 237 g/mol. The van der Waals surface area contributed by atoms with Crippen LogP contribution in [0, 0.1) is 0 Å². The monoisotopic (exact) mass is 249 g/mol. The van der Waals surface area contributed by atoms with Gasteiger partial charge in [-0.1, -0.05) is 0 Å². The number of nitrogens with zero attached hydrogens (tertiary/aromatic N) is 1. The third kappa shape index (κ3) is 2.14. The molecule has 3 atom stereocenters. The number of carbonyl (C=O) groups is 1. The fourth-order valence-electron chi connectivity index (χ4n) is 1.45. The van der Waals surface area contributed by atoms with Gasteiger partial charge >= 0.3 is 6.03 Å². The molecule has 6 nitrogen and oxygen atoms in total. The van der Waals surface area contributed by atoms with Crippen LogP contribution in [0.25, 0.3) is 0 Å². The topological polar surface area (TPSA) is 87.8 Å². The van der Waals surface area contributed by atoms with E-state index in [0.29, 0.717) is 5.75 Å². The van der Waals surface area contributed by atoms with Crippen LogP contribution in [0.1, 0.15) is 0 Å². The maximum Gasteiger partial charge on any atom is 0.325 e. The number of nitrogens with one attached hydrogen (secondary N) is 1. The number of nitrogens with two attached hydrogens (primary N) is 1. The molecule has 1 saturated heterocycles. The smallest absolute Gasteiger partial charge is 0.325 e. The summed E-state index contributed by atoms with van der Waals surface area (Å²) in [5, 5.41) is 11.1. The first kappa shape index (κ1) is 11.6. The molecule has 90 valence electrons. The summed E-state index contributed by atoms with van der Waals surface area (Å²) in [7, 11) is 0. The molecule has 2 aliphatic heterocycles. The van der Waals surface area contributed by atoms with Gasteiger partial charge in [0.25, 0.3) is 0 Å². The third-order valence-electron chi connectivity index (χ3n) is 2.27. The SMILES string of the molecule is NC1NC(=O)N([C@@H]2CS[C@@H](CO)O2)C=C1F. The minimum Gasteiger partial charge on any atom is -0.393 e. The molecule has 4 N–H and O–H groups in total. The summed E-state index contributed by atoms with van der Waals surface area (Å²) in [5.41, 5.74) is 4.92. The molecule has 0 bridgehead atoms. The van der Waals surface area contributed by atoms with Gasteiger partial charge in [0.1, 0.15) is 17.8 Å². The summed E-state index contributed by atoms with van der Waals surface area (Å²) < 4.78 is 18.5. The Labute approximate surface area is 95.6 Å². The summed E-state index contributed by atoms with van der Waals surface area (Å²) in [5.74, 6) is -0.141. The number of hydrogen-bond acceptors (Lipinski definition) is 5. The van der Waals surface area contributed by atoms with Gasteiger partial charge in [-0.25, -0.2) is 9.18 Å². The molecule has 2 rings (SSSR count). The second kappa shape index (κ2) is 4.58. The number of aliphatic hydroxyl groups is 1. The Hall–Kier alpha value is -0.830. The molecule has 0 saturated carbocycles. The maximum atomic E-state index is 13.2. The molecule has 1 unspecified atom stereocenters. The molecule has 0 aromatic heterocycles. The van der Waals surface area contributed by atoms with E-state index < -0.39 is 24.3 Å². The van der Waals surface area contributed by atoms with Crippen LogP contribution < -0.4 is 11.1 Å². The van der Waals surface area contributed by atoms with Crippen molar-refractivity contribution in [3.8, 4) is 0 Å². The Morgan fingerprint density at radius 2 is 2.56 bits per heavy atom. The first-order valence-electron chi connectivity index (χ1n) is 4.71. The number of amides is 2. The van der Waals surface area contributed by atoms with E-state index in [4.69, 9.17) is 15.6 Å². The normalized spacial score (nSPS) is 34.9. The van der Waals surface area contributed by atoms with Gasteiger partial charge < -0.3 is 20.9 Å². The average Bonchev–Trinajstić information content (AvgIpc) is 2.71. The lowest BCUT2D eigenvalue weighted by molar-refractivity contribution is -0.0232. The van der Waals surface area contributed by atoms with Crippen molar-refractivity contribution in [3.05, 3.63) is 12.0 Å². The fraction of sp³-hybridized carbons (Fsp3) is 0.625. The number of halogens is 1. The van der Waals surface area contributed by atoms with Crippen molar-refractivity contribution in [2.24, 2.45) is 5.73 Å². The lowest BCUT2D eigenvalue weighted by atomic mass is 10.3. The number of ether oxygens (including phenoxy) is 1. The Bertz CT molecular complexity index is 328. The van der Waals surface area contributed by atoms with Crippen LogP contribution in [0.5, 0.6) is 0 Å². The van der Waals surface area contributed by atoms with Gasteiger partial charge in [0.05, 0.1) is 6.61 Å². The van der Waals surface area contributed by atoms with Gasteiger partial charge in [-0.2, -0.15) is 0 Å². The first-order valence-corrected chi connectivity index (χ1v) is 5.76.